The van der Waals surface area contributed by atoms with Gasteiger partial charge in [-0.3, -0.25) is 9.59 Å². The number of ether oxygens (including phenoxy) is 1. The lowest BCUT2D eigenvalue weighted by molar-refractivity contribution is -0.120. The fraction of sp³-hybridized carbons (Fsp3) is 0.190. The standard InChI is InChI=1S/C21H18ClFN2O4/c1-2-3-12-29-21(28)13-8-10-14(11-9-13)24-18-17(22)19(26)25(20(18)27)16-7-5-4-6-15(16)23/h4-11,24H,2-3,12H2,1H3. The van der Waals surface area contributed by atoms with Crippen LogP contribution in [0.3, 0.4) is 0 Å². The largest absolute Gasteiger partial charge is 0.462 e. The van der Waals surface area contributed by atoms with Gasteiger partial charge in [0.05, 0.1) is 17.9 Å². The number of hydrogen-bond donors (Lipinski definition) is 1. The summed E-state index contributed by atoms with van der Waals surface area (Å²) in [5.74, 6) is -2.75. The number of imide groups is 1. The summed E-state index contributed by atoms with van der Waals surface area (Å²) in [7, 11) is 0. The molecule has 0 aliphatic carbocycles. The molecule has 2 aromatic carbocycles. The second-order valence-corrected chi connectivity index (χ2v) is 6.66. The number of para-hydroxylation sites is 1. The SMILES string of the molecule is CCCCOC(=O)c1ccc(NC2=C(Cl)C(=O)N(c3ccccc3F)C2=O)cc1. The van der Waals surface area contributed by atoms with E-state index in [1.165, 1.54) is 30.3 Å². The van der Waals surface area contributed by atoms with Crippen molar-refractivity contribution in [2.75, 3.05) is 16.8 Å². The van der Waals surface area contributed by atoms with Crippen LogP contribution in [-0.2, 0) is 14.3 Å². The van der Waals surface area contributed by atoms with Crippen molar-refractivity contribution in [1.29, 1.82) is 0 Å². The van der Waals surface area contributed by atoms with Crippen LogP contribution in [-0.4, -0.2) is 24.4 Å². The van der Waals surface area contributed by atoms with Gasteiger partial charge >= 0.3 is 5.97 Å². The summed E-state index contributed by atoms with van der Waals surface area (Å²) in [5.41, 5.74) is 0.439. The van der Waals surface area contributed by atoms with E-state index < -0.39 is 23.6 Å². The minimum absolute atomic E-state index is 0.168. The molecule has 1 heterocycles. The summed E-state index contributed by atoms with van der Waals surface area (Å²) in [6.07, 6.45) is 1.70. The van der Waals surface area contributed by atoms with Gasteiger partial charge in [0, 0.05) is 5.69 Å². The van der Waals surface area contributed by atoms with Crippen LogP contribution in [0.25, 0.3) is 0 Å². The van der Waals surface area contributed by atoms with E-state index in [4.69, 9.17) is 16.3 Å². The molecule has 8 heteroatoms. The van der Waals surface area contributed by atoms with E-state index in [0.29, 0.717) is 22.8 Å². The van der Waals surface area contributed by atoms with Crippen LogP contribution in [0.2, 0.25) is 0 Å². The van der Waals surface area contributed by atoms with Gasteiger partial charge < -0.3 is 10.1 Å². The minimum Gasteiger partial charge on any atom is -0.462 e. The number of unbranched alkanes of at least 4 members (excludes halogenated alkanes) is 1. The summed E-state index contributed by atoms with van der Waals surface area (Å²) in [5, 5.41) is 2.42. The Balaban J connectivity index is 1.74. The number of anilines is 2. The van der Waals surface area contributed by atoms with Crippen molar-refractivity contribution >= 4 is 40.8 Å². The molecule has 0 fully saturated rings. The van der Waals surface area contributed by atoms with Gasteiger partial charge in [0.1, 0.15) is 16.5 Å². The zero-order chi connectivity index (χ0) is 21.0. The van der Waals surface area contributed by atoms with Crippen molar-refractivity contribution in [3.8, 4) is 0 Å². The van der Waals surface area contributed by atoms with Crippen molar-refractivity contribution in [2.24, 2.45) is 0 Å². The summed E-state index contributed by atoms with van der Waals surface area (Å²) < 4.78 is 19.2. The number of amides is 2. The van der Waals surface area contributed by atoms with E-state index in [2.05, 4.69) is 5.32 Å². The number of nitrogens with zero attached hydrogens (tertiary/aromatic N) is 1. The Kier molecular flexibility index (Phi) is 6.29. The van der Waals surface area contributed by atoms with Gasteiger partial charge in [0.25, 0.3) is 11.8 Å². The molecule has 3 rings (SSSR count). The summed E-state index contributed by atoms with van der Waals surface area (Å²) in [6.45, 7) is 2.34. The predicted molar refractivity (Wildman–Crippen MR) is 107 cm³/mol. The average Bonchev–Trinajstić information content (AvgIpc) is 2.92. The van der Waals surface area contributed by atoms with Crippen molar-refractivity contribution in [3.63, 3.8) is 0 Å². The molecule has 150 valence electrons. The van der Waals surface area contributed by atoms with E-state index in [9.17, 15) is 18.8 Å². The molecule has 0 saturated heterocycles. The van der Waals surface area contributed by atoms with Crippen molar-refractivity contribution in [2.45, 2.75) is 19.8 Å². The van der Waals surface area contributed by atoms with Gasteiger partial charge in [-0.05, 0) is 42.8 Å². The Morgan fingerprint density at radius 3 is 2.45 bits per heavy atom. The van der Waals surface area contributed by atoms with Crippen LogP contribution in [0.15, 0.2) is 59.3 Å². The number of esters is 1. The van der Waals surface area contributed by atoms with Gasteiger partial charge in [0.15, 0.2) is 0 Å². The maximum absolute atomic E-state index is 14.0. The summed E-state index contributed by atoms with van der Waals surface area (Å²) in [6, 6.07) is 11.6. The van der Waals surface area contributed by atoms with E-state index in [1.807, 2.05) is 6.92 Å². The molecule has 0 atom stereocenters. The van der Waals surface area contributed by atoms with Crippen LogP contribution in [0, 0.1) is 5.82 Å². The lowest BCUT2D eigenvalue weighted by Gasteiger charge is -2.15. The van der Waals surface area contributed by atoms with Crippen molar-refractivity contribution in [1.82, 2.24) is 0 Å². The van der Waals surface area contributed by atoms with E-state index in [-0.39, 0.29) is 16.4 Å². The minimum atomic E-state index is -0.819. The van der Waals surface area contributed by atoms with Gasteiger partial charge in [0.2, 0.25) is 0 Å². The highest BCUT2D eigenvalue weighted by Crippen LogP contribution is 2.31. The lowest BCUT2D eigenvalue weighted by atomic mass is 10.2. The first-order valence-electron chi connectivity index (χ1n) is 9.01. The molecule has 0 spiro atoms. The smallest absolute Gasteiger partial charge is 0.338 e. The Morgan fingerprint density at radius 1 is 1.10 bits per heavy atom. The maximum atomic E-state index is 14.0. The van der Waals surface area contributed by atoms with E-state index in [1.54, 1.807) is 12.1 Å². The Hall–Kier alpha value is -3.19. The molecule has 0 bridgehead atoms. The number of nitrogens with one attached hydrogen (secondary N) is 1. The summed E-state index contributed by atoms with van der Waals surface area (Å²) in [4.78, 5) is 37.7. The molecule has 29 heavy (non-hydrogen) atoms. The maximum Gasteiger partial charge on any atom is 0.338 e. The molecule has 2 amide bonds. The molecular formula is C21H18ClFN2O4. The van der Waals surface area contributed by atoms with Gasteiger partial charge in [-0.15, -0.1) is 0 Å². The first kappa shape index (κ1) is 20.5. The number of halogens is 2. The van der Waals surface area contributed by atoms with E-state index in [0.717, 1.165) is 18.9 Å². The Morgan fingerprint density at radius 2 is 1.79 bits per heavy atom. The number of hydrogen-bond acceptors (Lipinski definition) is 5. The van der Waals surface area contributed by atoms with E-state index >= 15 is 0 Å². The third-order valence-corrected chi connectivity index (χ3v) is 4.59. The number of rotatable bonds is 7. The van der Waals surface area contributed by atoms with Crippen molar-refractivity contribution < 1.29 is 23.5 Å². The highest BCUT2D eigenvalue weighted by Gasteiger charge is 2.40. The average molecular weight is 417 g/mol. The van der Waals surface area contributed by atoms with Crippen LogP contribution in [0.5, 0.6) is 0 Å². The van der Waals surface area contributed by atoms with Crippen LogP contribution < -0.4 is 10.2 Å². The number of carbonyl (C=O) groups excluding carboxylic acids is 3. The van der Waals surface area contributed by atoms with Gasteiger partial charge in [-0.25, -0.2) is 14.1 Å². The topological polar surface area (TPSA) is 75.7 Å². The monoisotopic (exact) mass is 416 g/mol. The van der Waals surface area contributed by atoms with Crippen LogP contribution >= 0.6 is 11.6 Å². The normalized spacial score (nSPS) is 13.8. The number of benzene rings is 2. The number of carbonyl (C=O) groups is 3. The zero-order valence-electron chi connectivity index (χ0n) is 15.6. The Labute approximate surface area is 171 Å². The molecule has 0 radical (unpaired) electrons. The Bertz CT molecular complexity index is 988. The van der Waals surface area contributed by atoms with Crippen LogP contribution in [0.1, 0.15) is 30.1 Å². The second kappa shape index (κ2) is 8.87. The first-order chi connectivity index (χ1) is 13.9. The van der Waals surface area contributed by atoms with Gasteiger partial charge in [-0.2, -0.15) is 0 Å². The molecule has 0 saturated carbocycles. The van der Waals surface area contributed by atoms with Crippen molar-refractivity contribution in [3.05, 3.63) is 70.6 Å². The summed E-state index contributed by atoms with van der Waals surface area (Å²) >= 11 is 6.03. The fourth-order valence-corrected chi connectivity index (χ4v) is 2.90. The molecular weight excluding hydrogens is 399 g/mol. The predicted octanol–water partition coefficient (Wildman–Crippen LogP) is 4.22. The zero-order valence-corrected chi connectivity index (χ0v) is 16.3. The highest BCUT2D eigenvalue weighted by molar-refractivity contribution is 6.53. The molecule has 1 aliphatic heterocycles. The first-order valence-corrected chi connectivity index (χ1v) is 9.39. The van der Waals surface area contributed by atoms with Crippen LogP contribution in [0.4, 0.5) is 15.8 Å². The van der Waals surface area contributed by atoms with Gasteiger partial charge in [-0.1, -0.05) is 37.1 Å². The molecule has 1 aliphatic rings. The molecule has 0 aromatic heterocycles. The molecule has 2 aromatic rings. The molecule has 6 nitrogen and oxygen atoms in total. The fourth-order valence-electron chi connectivity index (χ4n) is 2.69. The third-order valence-electron chi connectivity index (χ3n) is 4.24. The molecule has 0 unspecified atom stereocenters. The third kappa shape index (κ3) is 4.30. The molecule has 1 N–H and O–H groups in total. The second-order valence-electron chi connectivity index (χ2n) is 6.28. The quantitative estimate of drug-likeness (QED) is 0.415. The highest BCUT2D eigenvalue weighted by atomic mass is 35.5. The lowest BCUT2D eigenvalue weighted by Crippen LogP contribution is -2.33.